The summed E-state index contributed by atoms with van der Waals surface area (Å²) < 4.78 is 18.1. The van der Waals surface area contributed by atoms with E-state index in [-0.39, 0.29) is 12.5 Å². The number of rotatable bonds is 5. The Morgan fingerprint density at radius 2 is 2.03 bits per heavy atom. The van der Waals surface area contributed by atoms with Gasteiger partial charge in [-0.1, -0.05) is 6.07 Å². The lowest BCUT2D eigenvalue weighted by molar-refractivity contribution is -0.130. The molecule has 0 saturated carbocycles. The average Bonchev–Trinajstić information content (AvgIpc) is 3.39. The molecule has 9 nitrogen and oxygen atoms in total. The van der Waals surface area contributed by atoms with Crippen molar-refractivity contribution < 1.29 is 14.1 Å². The zero-order valence-corrected chi connectivity index (χ0v) is 18.6. The van der Waals surface area contributed by atoms with Gasteiger partial charge in [-0.25, -0.2) is 19.9 Å². The number of benzene rings is 1. The van der Waals surface area contributed by atoms with Crippen LogP contribution < -0.4 is 9.64 Å². The summed E-state index contributed by atoms with van der Waals surface area (Å²) in [6.45, 7) is 0.724. The fourth-order valence-electron chi connectivity index (χ4n) is 3.86. The van der Waals surface area contributed by atoms with Crippen LogP contribution in [0.2, 0.25) is 0 Å². The Morgan fingerprint density at radius 1 is 1.22 bits per heavy atom. The van der Waals surface area contributed by atoms with Gasteiger partial charge in [0.15, 0.2) is 12.4 Å². The lowest BCUT2D eigenvalue weighted by atomic mass is 10.1. The van der Waals surface area contributed by atoms with Crippen LogP contribution in [0.5, 0.6) is 5.75 Å². The zero-order valence-electron chi connectivity index (χ0n) is 17.8. The molecule has 1 unspecified atom stereocenters. The third kappa shape index (κ3) is 3.87. The minimum Gasteiger partial charge on any atom is -0.616 e. The highest BCUT2D eigenvalue weighted by molar-refractivity contribution is 7.90. The van der Waals surface area contributed by atoms with Gasteiger partial charge in [0, 0.05) is 44.8 Å². The van der Waals surface area contributed by atoms with E-state index in [0.29, 0.717) is 28.6 Å². The summed E-state index contributed by atoms with van der Waals surface area (Å²) in [4.78, 5) is 33.2. The Hall–Kier alpha value is -3.24. The molecule has 10 heteroatoms. The first-order valence-corrected chi connectivity index (χ1v) is 11.7. The van der Waals surface area contributed by atoms with E-state index in [2.05, 4.69) is 19.9 Å². The van der Waals surface area contributed by atoms with E-state index in [1.54, 1.807) is 26.5 Å². The van der Waals surface area contributed by atoms with Crippen molar-refractivity contribution in [2.45, 2.75) is 17.9 Å². The van der Waals surface area contributed by atoms with E-state index >= 15 is 0 Å². The molecule has 0 fully saturated rings. The zero-order chi connectivity index (χ0) is 22.2. The fraction of sp³-hybridized carbons (Fsp3) is 0.318. The van der Waals surface area contributed by atoms with Crippen molar-refractivity contribution >= 4 is 28.6 Å². The number of hydrogen-bond acceptors (Lipinski definition) is 8. The van der Waals surface area contributed by atoms with E-state index in [1.165, 1.54) is 16.8 Å². The molecule has 0 aliphatic carbocycles. The SMILES string of the molecule is CN(C)C(=O)COc1ccc2c(c1)N(c1nc(-c3cncnc3)nc3c1C[S+]([O-])C3)CC2. The van der Waals surface area contributed by atoms with E-state index in [1.807, 2.05) is 18.2 Å². The monoisotopic (exact) mass is 450 g/mol. The van der Waals surface area contributed by atoms with Crippen LogP contribution in [0, 0.1) is 0 Å². The number of hydrogen-bond donors (Lipinski definition) is 0. The van der Waals surface area contributed by atoms with Crippen LogP contribution in [0.3, 0.4) is 0 Å². The maximum absolute atomic E-state index is 12.4. The molecule has 2 aliphatic rings. The predicted octanol–water partition coefficient (Wildman–Crippen LogP) is 1.86. The summed E-state index contributed by atoms with van der Waals surface area (Å²) in [5.41, 5.74) is 4.60. The van der Waals surface area contributed by atoms with Gasteiger partial charge in [-0.15, -0.1) is 0 Å². The quantitative estimate of drug-likeness (QED) is 0.542. The van der Waals surface area contributed by atoms with Crippen molar-refractivity contribution in [2.75, 3.05) is 32.1 Å². The highest BCUT2D eigenvalue weighted by Gasteiger charge is 2.33. The number of fused-ring (bicyclic) bond motifs is 2. The summed E-state index contributed by atoms with van der Waals surface area (Å²) in [5.74, 6) is 2.66. The molecule has 1 aromatic carbocycles. The first-order chi connectivity index (χ1) is 15.5. The molecule has 0 radical (unpaired) electrons. The highest BCUT2D eigenvalue weighted by Crippen LogP contribution is 2.41. The predicted molar refractivity (Wildman–Crippen MR) is 120 cm³/mol. The molecule has 5 rings (SSSR count). The van der Waals surface area contributed by atoms with Crippen molar-refractivity contribution in [3.05, 3.63) is 53.7 Å². The van der Waals surface area contributed by atoms with Crippen LogP contribution in [0.15, 0.2) is 36.9 Å². The summed E-state index contributed by atoms with van der Waals surface area (Å²) in [6.07, 6.45) is 5.68. The maximum atomic E-state index is 12.4. The number of ether oxygens (including phenoxy) is 1. The Bertz CT molecular complexity index is 1170. The van der Waals surface area contributed by atoms with Crippen LogP contribution >= 0.6 is 0 Å². The van der Waals surface area contributed by atoms with Gasteiger partial charge in [0.25, 0.3) is 5.91 Å². The van der Waals surface area contributed by atoms with E-state index in [0.717, 1.165) is 35.7 Å². The number of anilines is 2. The van der Waals surface area contributed by atoms with Gasteiger partial charge in [-0.05, 0) is 29.2 Å². The summed E-state index contributed by atoms with van der Waals surface area (Å²) in [6, 6.07) is 5.85. The highest BCUT2D eigenvalue weighted by atomic mass is 32.2. The van der Waals surface area contributed by atoms with Gasteiger partial charge >= 0.3 is 0 Å². The van der Waals surface area contributed by atoms with Crippen LogP contribution in [0.1, 0.15) is 16.8 Å². The van der Waals surface area contributed by atoms with Crippen molar-refractivity contribution in [2.24, 2.45) is 0 Å². The molecule has 0 N–H and O–H groups in total. The van der Waals surface area contributed by atoms with Gasteiger partial charge in [-0.2, -0.15) is 0 Å². The first kappa shape index (κ1) is 20.7. The van der Waals surface area contributed by atoms with Gasteiger partial charge in [0.05, 0.1) is 11.1 Å². The number of carbonyl (C=O) groups excluding carboxylic acids is 1. The van der Waals surface area contributed by atoms with Crippen molar-refractivity contribution in [1.82, 2.24) is 24.8 Å². The van der Waals surface area contributed by atoms with Crippen molar-refractivity contribution in [1.29, 1.82) is 0 Å². The minimum atomic E-state index is -0.997. The van der Waals surface area contributed by atoms with E-state index in [9.17, 15) is 9.35 Å². The van der Waals surface area contributed by atoms with Gasteiger partial charge in [0.2, 0.25) is 0 Å². The smallest absolute Gasteiger partial charge is 0.259 e. The molecule has 32 heavy (non-hydrogen) atoms. The number of nitrogens with zero attached hydrogens (tertiary/aromatic N) is 6. The molecule has 0 saturated heterocycles. The first-order valence-electron chi connectivity index (χ1n) is 10.2. The van der Waals surface area contributed by atoms with Gasteiger partial charge in [-0.3, -0.25) is 4.79 Å². The Morgan fingerprint density at radius 3 is 2.81 bits per heavy atom. The second kappa shape index (κ2) is 8.36. The van der Waals surface area contributed by atoms with Gasteiger partial charge in [0.1, 0.15) is 35.1 Å². The fourth-order valence-corrected chi connectivity index (χ4v) is 5.12. The molecular weight excluding hydrogens is 428 g/mol. The van der Waals surface area contributed by atoms with E-state index < -0.39 is 11.2 Å². The molecule has 2 aromatic heterocycles. The average molecular weight is 451 g/mol. The van der Waals surface area contributed by atoms with Crippen molar-refractivity contribution in [3.63, 3.8) is 0 Å². The topological polar surface area (TPSA) is 107 Å². The third-order valence-corrected chi connectivity index (χ3v) is 6.77. The standard InChI is InChI=1S/C22H22N6O3S/c1-27(2)20(29)10-31-16-4-3-14-5-6-28(19(14)7-16)22-17-11-32(30)12-18(17)25-21(26-22)15-8-23-13-24-9-15/h3-4,7-9,13H,5-6,10-12H2,1-2H3. The minimum absolute atomic E-state index is 0.0220. The molecule has 0 bridgehead atoms. The molecule has 3 aromatic rings. The molecule has 1 atom stereocenters. The van der Waals surface area contributed by atoms with Crippen molar-refractivity contribution in [3.8, 4) is 17.1 Å². The van der Waals surface area contributed by atoms with Crippen LogP contribution in [-0.4, -0.2) is 62.5 Å². The number of aromatic nitrogens is 4. The van der Waals surface area contributed by atoms with Crippen LogP contribution in [-0.2, 0) is 33.9 Å². The molecule has 1 amide bonds. The molecule has 4 heterocycles. The number of amides is 1. The number of likely N-dealkylation sites (N-methyl/N-ethyl adjacent to an activating group) is 1. The molecule has 0 spiro atoms. The summed E-state index contributed by atoms with van der Waals surface area (Å²) in [5, 5.41) is 0. The lowest BCUT2D eigenvalue weighted by Crippen LogP contribution is -2.27. The molecular formula is C22H22N6O3S. The Kier molecular flexibility index (Phi) is 5.40. The maximum Gasteiger partial charge on any atom is 0.259 e. The van der Waals surface area contributed by atoms with Crippen LogP contribution in [0.4, 0.5) is 11.5 Å². The third-order valence-electron chi connectivity index (χ3n) is 5.56. The van der Waals surface area contributed by atoms with E-state index in [4.69, 9.17) is 9.72 Å². The Labute approximate surface area is 188 Å². The van der Waals surface area contributed by atoms with Crippen LogP contribution in [0.25, 0.3) is 11.4 Å². The summed E-state index contributed by atoms with van der Waals surface area (Å²) >= 11 is -0.997. The normalized spacial score (nSPS) is 16.6. The number of carbonyl (C=O) groups is 1. The second-order valence-corrected chi connectivity index (χ2v) is 9.38. The lowest BCUT2D eigenvalue weighted by Gasteiger charge is -2.22. The Balaban J connectivity index is 1.52. The summed E-state index contributed by atoms with van der Waals surface area (Å²) in [7, 11) is 3.40. The van der Waals surface area contributed by atoms with Gasteiger partial charge < -0.3 is 19.1 Å². The molecule has 164 valence electrons. The largest absolute Gasteiger partial charge is 0.616 e. The second-order valence-electron chi connectivity index (χ2n) is 7.92. The molecule has 2 aliphatic heterocycles.